The molecule has 9 nitrogen and oxygen atoms in total. The molecule has 1 atom stereocenters. The van der Waals surface area contributed by atoms with Crippen molar-refractivity contribution < 1.29 is 9.21 Å². The predicted molar refractivity (Wildman–Crippen MR) is 100 cm³/mol. The minimum Gasteiger partial charge on any atom is -0.411 e. The van der Waals surface area contributed by atoms with Crippen LogP contribution in [0.15, 0.2) is 57.2 Å². The maximum absolute atomic E-state index is 12.4. The number of benzene rings is 1. The van der Waals surface area contributed by atoms with Crippen LogP contribution in [0.25, 0.3) is 22.5 Å². The summed E-state index contributed by atoms with van der Waals surface area (Å²) in [4.78, 5) is 33.0. The van der Waals surface area contributed by atoms with Gasteiger partial charge < -0.3 is 19.7 Å². The maximum atomic E-state index is 12.4. The summed E-state index contributed by atoms with van der Waals surface area (Å²) in [5.74, 6) is 0.124. The summed E-state index contributed by atoms with van der Waals surface area (Å²) in [7, 11) is 0. The third-order valence-corrected chi connectivity index (χ3v) is 4.68. The van der Waals surface area contributed by atoms with Crippen LogP contribution in [0, 0.1) is 0 Å². The van der Waals surface area contributed by atoms with E-state index < -0.39 is 5.25 Å². The Balaban J connectivity index is 1.43. The van der Waals surface area contributed by atoms with Gasteiger partial charge in [-0.05, 0) is 37.3 Å². The van der Waals surface area contributed by atoms with Gasteiger partial charge in [0.15, 0.2) is 0 Å². The fourth-order valence-corrected chi connectivity index (χ4v) is 3.11. The predicted octanol–water partition coefficient (Wildman–Crippen LogP) is 2.42. The standard InChI is InChI=1S/C17H14N6O3S/c1-9(27-17-23-22-15(26-17)10-3-2-6-18-8-10)14(24)19-11-4-5-12-13(7-11)21-16(25)20-12/h2-9H,1H3,(H,19,24)(H2,20,21,25)/t9-/m0/s1. The molecule has 136 valence electrons. The number of imidazole rings is 1. The lowest BCUT2D eigenvalue weighted by Gasteiger charge is -2.09. The van der Waals surface area contributed by atoms with Gasteiger partial charge in [0.05, 0.1) is 21.8 Å². The van der Waals surface area contributed by atoms with Crippen molar-refractivity contribution in [3.05, 3.63) is 53.2 Å². The summed E-state index contributed by atoms with van der Waals surface area (Å²) < 4.78 is 5.58. The van der Waals surface area contributed by atoms with Crippen LogP contribution in [0.2, 0.25) is 0 Å². The molecular formula is C17H14N6O3S. The lowest BCUT2D eigenvalue weighted by atomic mass is 10.2. The van der Waals surface area contributed by atoms with Crippen LogP contribution in [0.5, 0.6) is 0 Å². The van der Waals surface area contributed by atoms with E-state index >= 15 is 0 Å². The molecule has 3 N–H and O–H groups in total. The zero-order valence-corrected chi connectivity index (χ0v) is 14.9. The third-order valence-electron chi connectivity index (χ3n) is 3.75. The lowest BCUT2D eigenvalue weighted by Crippen LogP contribution is -2.22. The van der Waals surface area contributed by atoms with Crippen LogP contribution < -0.4 is 11.0 Å². The first-order valence-corrected chi connectivity index (χ1v) is 8.90. The molecule has 1 amide bonds. The van der Waals surface area contributed by atoms with Crippen molar-refractivity contribution in [2.45, 2.75) is 17.4 Å². The van der Waals surface area contributed by atoms with Crippen LogP contribution in [0.3, 0.4) is 0 Å². The number of nitrogens with one attached hydrogen (secondary N) is 3. The van der Waals surface area contributed by atoms with Gasteiger partial charge in [-0.2, -0.15) is 0 Å². The third kappa shape index (κ3) is 3.75. The molecule has 3 heterocycles. The maximum Gasteiger partial charge on any atom is 0.323 e. The van der Waals surface area contributed by atoms with E-state index in [2.05, 4.69) is 30.5 Å². The molecule has 0 bridgehead atoms. The topological polar surface area (TPSA) is 130 Å². The average Bonchev–Trinajstić information content (AvgIpc) is 3.27. The number of anilines is 1. The molecule has 0 spiro atoms. The second-order valence-electron chi connectivity index (χ2n) is 5.70. The van der Waals surface area contributed by atoms with Crippen LogP contribution in [-0.4, -0.2) is 36.3 Å². The largest absolute Gasteiger partial charge is 0.411 e. The van der Waals surface area contributed by atoms with Crippen molar-refractivity contribution in [2.75, 3.05) is 5.32 Å². The Kier molecular flexibility index (Phi) is 4.47. The molecule has 1 aromatic carbocycles. The fourth-order valence-electron chi connectivity index (χ4n) is 2.42. The summed E-state index contributed by atoms with van der Waals surface area (Å²) >= 11 is 1.16. The Morgan fingerprint density at radius 1 is 1.22 bits per heavy atom. The molecule has 0 aliphatic rings. The Bertz CT molecular complexity index is 1150. The van der Waals surface area contributed by atoms with Gasteiger partial charge in [-0.1, -0.05) is 11.8 Å². The van der Waals surface area contributed by atoms with Crippen LogP contribution >= 0.6 is 11.8 Å². The SMILES string of the molecule is C[C@H](Sc1nnc(-c2cccnc2)o1)C(=O)Nc1ccc2[nH]c(=O)[nH]c2c1. The highest BCUT2D eigenvalue weighted by molar-refractivity contribution is 8.00. The van der Waals surface area contributed by atoms with Crippen molar-refractivity contribution in [1.82, 2.24) is 25.1 Å². The van der Waals surface area contributed by atoms with Gasteiger partial charge in [0.25, 0.3) is 5.22 Å². The Morgan fingerprint density at radius 3 is 2.89 bits per heavy atom. The highest BCUT2D eigenvalue weighted by Crippen LogP contribution is 2.26. The second-order valence-corrected chi connectivity index (χ2v) is 7.00. The number of hydrogen-bond donors (Lipinski definition) is 3. The van der Waals surface area contributed by atoms with E-state index in [4.69, 9.17) is 4.42 Å². The monoisotopic (exact) mass is 382 g/mol. The molecule has 0 aliphatic heterocycles. The van der Waals surface area contributed by atoms with Gasteiger partial charge in [-0.3, -0.25) is 9.78 Å². The first kappa shape index (κ1) is 17.0. The summed E-state index contributed by atoms with van der Waals surface area (Å²) in [5.41, 5.74) is 2.29. The van der Waals surface area contributed by atoms with E-state index in [1.165, 1.54) is 0 Å². The average molecular weight is 382 g/mol. The quantitative estimate of drug-likeness (QED) is 0.452. The van der Waals surface area contributed by atoms with Crippen LogP contribution in [-0.2, 0) is 4.79 Å². The molecule has 0 aliphatic carbocycles. The van der Waals surface area contributed by atoms with Crippen molar-refractivity contribution in [3.8, 4) is 11.5 Å². The molecule has 4 rings (SSSR count). The van der Waals surface area contributed by atoms with Gasteiger partial charge in [-0.25, -0.2) is 4.79 Å². The van der Waals surface area contributed by atoms with Crippen LogP contribution in [0.4, 0.5) is 5.69 Å². The van der Waals surface area contributed by atoms with E-state index in [-0.39, 0.29) is 11.6 Å². The van der Waals surface area contributed by atoms with E-state index in [1.54, 1.807) is 43.6 Å². The van der Waals surface area contributed by atoms with Crippen molar-refractivity contribution >= 4 is 34.4 Å². The molecule has 27 heavy (non-hydrogen) atoms. The number of carbonyl (C=O) groups excluding carboxylic acids is 1. The van der Waals surface area contributed by atoms with Gasteiger partial charge >= 0.3 is 5.69 Å². The number of fused-ring (bicyclic) bond motifs is 1. The molecule has 0 saturated heterocycles. The lowest BCUT2D eigenvalue weighted by molar-refractivity contribution is -0.115. The number of thioether (sulfide) groups is 1. The summed E-state index contributed by atoms with van der Waals surface area (Å²) in [6, 6.07) is 8.72. The van der Waals surface area contributed by atoms with E-state index in [0.717, 1.165) is 11.8 Å². The smallest absolute Gasteiger partial charge is 0.323 e. The summed E-state index contributed by atoms with van der Waals surface area (Å²) in [6.45, 7) is 1.74. The molecule has 3 aromatic heterocycles. The molecule has 4 aromatic rings. The number of nitrogens with zero attached hydrogens (tertiary/aromatic N) is 3. The van der Waals surface area contributed by atoms with Gasteiger partial charge in [0.1, 0.15) is 0 Å². The Hall–Kier alpha value is -3.40. The van der Waals surface area contributed by atoms with Gasteiger partial charge in [0.2, 0.25) is 11.8 Å². The molecular weight excluding hydrogens is 368 g/mol. The summed E-state index contributed by atoms with van der Waals surface area (Å²) in [6.07, 6.45) is 3.28. The normalized spacial score (nSPS) is 12.2. The Morgan fingerprint density at radius 2 is 2.07 bits per heavy atom. The second kappa shape index (κ2) is 7.08. The number of H-pyrrole nitrogens is 2. The molecule has 10 heteroatoms. The summed E-state index contributed by atoms with van der Waals surface area (Å²) in [5, 5.41) is 10.6. The van der Waals surface area contributed by atoms with Crippen molar-refractivity contribution in [2.24, 2.45) is 0 Å². The van der Waals surface area contributed by atoms with Crippen molar-refractivity contribution in [3.63, 3.8) is 0 Å². The van der Waals surface area contributed by atoms with Gasteiger partial charge in [0, 0.05) is 18.1 Å². The molecule has 0 saturated carbocycles. The zero-order chi connectivity index (χ0) is 18.8. The van der Waals surface area contributed by atoms with E-state index in [1.807, 2.05) is 6.07 Å². The number of aromatic amines is 2. The highest BCUT2D eigenvalue weighted by atomic mass is 32.2. The number of hydrogen-bond acceptors (Lipinski definition) is 7. The number of pyridine rings is 1. The number of rotatable bonds is 5. The van der Waals surface area contributed by atoms with E-state index in [0.29, 0.717) is 33.4 Å². The fraction of sp³-hybridized carbons (Fsp3) is 0.118. The first-order chi connectivity index (χ1) is 13.1. The molecule has 0 radical (unpaired) electrons. The van der Waals surface area contributed by atoms with Crippen LogP contribution in [0.1, 0.15) is 6.92 Å². The Labute approximate surface area is 156 Å². The van der Waals surface area contributed by atoms with E-state index in [9.17, 15) is 9.59 Å². The first-order valence-electron chi connectivity index (χ1n) is 8.02. The molecule has 0 unspecified atom stereocenters. The number of amides is 1. The van der Waals surface area contributed by atoms with Gasteiger partial charge in [-0.15, -0.1) is 10.2 Å². The molecule has 0 fully saturated rings. The zero-order valence-electron chi connectivity index (χ0n) is 14.1. The highest BCUT2D eigenvalue weighted by Gasteiger charge is 2.19. The minimum atomic E-state index is -0.465. The minimum absolute atomic E-state index is 0.224. The van der Waals surface area contributed by atoms with Crippen molar-refractivity contribution in [1.29, 1.82) is 0 Å². The number of carbonyl (C=O) groups is 1. The number of aromatic nitrogens is 5.